The molecule has 0 aliphatic heterocycles. The van der Waals surface area contributed by atoms with Gasteiger partial charge in [0.05, 0.1) is 0 Å². The highest BCUT2D eigenvalue weighted by atomic mass is 14.9. The van der Waals surface area contributed by atoms with Gasteiger partial charge in [0.15, 0.2) is 0 Å². The molecular weight excluding hydrogens is 218 g/mol. The topological polar surface area (TPSA) is 12.0 Å². The van der Waals surface area contributed by atoms with Crippen LogP contribution >= 0.6 is 0 Å². The zero-order valence-electron chi connectivity index (χ0n) is 14.2. The van der Waals surface area contributed by atoms with Crippen molar-refractivity contribution in [2.45, 2.75) is 99.0 Å². The molecule has 1 saturated carbocycles. The van der Waals surface area contributed by atoms with Crippen LogP contribution in [0.15, 0.2) is 0 Å². The lowest BCUT2D eigenvalue weighted by Gasteiger charge is -2.39. The molecule has 1 nitrogen and oxygen atoms in total. The second-order valence-corrected chi connectivity index (χ2v) is 5.37. The van der Waals surface area contributed by atoms with Gasteiger partial charge in [0.1, 0.15) is 0 Å². The lowest BCUT2D eigenvalue weighted by atomic mass is 9.68. The minimum absolute atomic E-state index is 0.710. The zero-order valence-corrected chi connectivity index (χ0v) is 14.2. The van der Waals surface area contributed by atoms with E-state index < -0.39 is 0 Å². The van der Waals surface area contributed by atoms with Gasteiger partial charge in [-0.25, -0.2) is 0 Å². The summed E-state index contributed by atoms with van der Waals surface area (Å²) < 4.78 is 0. The van der Waals surface area contributed by atoms with Gasteiger partial charge >= 0.3 is 0 Å². The van der Waals surface area contributed by atoms with Crippen molar-refractivity contribution in [3.8, 4) is 0 Å². The molecule has 0 saturated heterocycles. The van der Waals surface area contributed by atoms with E-state index in [0.717, 1.165) is 6.04 Å². The monoisotopic (exact) mass is 257 g/mol. The summed E-state index contributed by atoms with van der Waals surface area (Å²) in [7, 11) is 2.10. The number of rotatable bonds is 4. The van der Waals surface area contributed by atoms with Crippen LogP contribution in [0, 0.1) is 5.41 Å². The van der Waals surface area contributed by atoms with Crippen molar-refractivity contribution in [1.29, 1.82) is 0 Å². The fraction of sp³-hybridized carbons (Fsp3) is 1.00. The molecule has 1 aliphatic rings. The first-order valence-electron chi connectivity index (χ1n) is 8.35. The maximum Gasteiger partial charge on any atom is 0.00644 e. The Morgan fingerprint density at radius 1 is 1.00 bits per heavy atom. The van der Waals surface area contributed by atoms with Crippen LogP contribution in [-0.2, 0) is 0 Å². The van der Waals surface area contributed by atoms with E-state index >= 15 is 0 Å². The number of hydrogen-bond acceptors (Lipinski definition) is 1. The second-order valence-electron chi connectivity index (χ2n) is 5.37. The first-order valence-corrected chi connectivity index (χ1v) is 8.35. The van der Waals surface area contributed by atoms with Crippen LogP contribution in [-0.4, -0.2) is 13.1 Å². The summed E-state index contributed by atoms with van der Waals surface area (Å²) >= 11 is 0. The van der Waals surface area contributed by atoms with Gasteiger partial charge in [-0.05, 0) is 44.6 Å². The minimum Gasteiger partial charge on any atom is -0.317 e. The van der Waals surface area contributed by atoms with E-state index in [1.165, 1.54) is 51.4 Å². The van der Waals surface area contributed by atoms with E-state index in [1.807, 2.05) is 13.8 Å². The predicted octanol–water partition coefficient (Wildman–Crippen LogP) is 5.79. The summed E-state index contributed by atoms with van der Waals surface area (Å²) in [5.41, 5.74) is 0.710. The third-order valence-electron chi connectivity index (χ3n) is 3.98. The van der Waals surface area contributed by atoms with Crippen molar-refractivity contribution < 1.29 is 0 Å². The Kier molecular flexibility index (Phi) is 15.1. The molecule has 1 rings (SSSR count). The zero-order chi connectivity index (χ0) is 14.4. The van der Waals surface area contributed by atoms with Gasteiger partial charge in [0.2, 0.25) is 0 Å². The molecule has 0 spiro atoms. The van der Waals surface area contributed by atoms with Crippen molar-refractivity contribution in [3.05, 3.63) is 0 Å². The van der Waals surface area contributed by atoms with E-state index in [-0.39, 0.29) is 0 Å². The quantitative estimate of drug-likeness (QED) is 0.672. The van der Waals surface area contributed by atoms with Crippen LogP contribution in [0.1, 0.15) is 92.9 Å². The SMILES string of the molecule is CC.CCC.CCCC1(CC)CCC(NC)CC1. The summed E-state index contributed by atoms with van der Waals surface area (Å²) in [5.74, 6) is 0. The van der Waals surface area contributed by atoms with Gasteiger partial charge < -0.3 is 5.32 Å². The average Bonchev–Trinajstić information content (AvgIpc) is 2.43. The third kappa shape index (κ3) is 8.13. The minimum atomic E-state index is 0.710. The van der Waals surface area contributed by atoms with Crippen molar-refractivity contribution in [1.82, 2.24) is 5.32 Å². The summed E-state index contributed by atoms with van der Waals surface area (Å²) in [6.07, 6.45) is 11.1. The van der Waals surface area contributed by atoms with Crippen LogP contribution < -0.4 is 5.32 Å². The van der Waals surface area contributed by atoms with Crippen molar-refractivity contribution in [3.63, 3.8) is 0 Å². The van der Waals surface area contributed by atoms with Gasteiger partial charge in [0, 0.05) is 6.04 Å². The molecule has 0 radical (unpaired) electrons. The molecule has 18 heavy (non-hydrogen) atoms. The standard InChI is InChI=1S/C12H25N.C3H8.C2H6/c1-4-8-12(5-2)9-6-11(13-3)7-10-12;1-3-2;1-2/h11,13H,4-10H2,1-3H3;3H2,1-2H3;1-2H3. The smallest absolute Gasteiger partial charge is 0.00644 e. The summed E-state index contributed by atoms with van der Waals surface area (Å²) in [4.78, 5) is 0. The molecule has 1 heteroatoms. The number of hydrogen-bond donors (Lipinski definition) is 1. The van der Waals surface area contributed by atoms with Crippen molar-refractivity contribution >= 4 is 0 Å². The second kappa shape index (κ2) is 13.4. The molecule has 0 atom stereocenters. The predicted molar refractivity (Wildman–Crippen MR) is 86.3 cm³/mol. The Labute approximate surface area is 117 Å². The molecule has 112 valence electrons. The highest BCUT2D eigenvalue weighted by molar-refractivity contribution is 4.86. The average molecular weight is 258 g/mol. The largest absolute Gasteiger partial charge is 0.317 e. The molecular formula is C17H39N. The van der Waals surface area contributed by atoms with E-state index in [4.69, 9.17) is 0 Å². The molecule has 0 amide bonds. The van der Waals surface area contributed by atoms with Crippen molar-refractivity contribution in [2.24, 2.45) is 5.41 Å². The number of nitrogens with one attached hydrogen (secondary N) is 1. The first-order chi connectivity index (χ1) is 8.67. The lowest BCUT2D eigenvalue weighted by Crippen LogP contribution is -2.35. The summed E-state index contributed by atoms with van der Waals surface area (Å²) in [5, 5.41) is 3.41. The molecule has 0 heterocycles. The van der Waals surface area contributed by atoms with Gasteiger partial charge in [-0.3, -0.25) is 0 Å². The van der Waals surface area contributed by atoms with Crippen LogP contribution in [0.2, 0.25) is 0 Å². The Hall–Kier alpha value is -0.0400. The normalized spacial score (nSPS) is 26.5. The highest BCUT2D eigenvalue weighted by Gasteiger charge is 2.32. The molecule has 1 N–H and O–H groups in total. The third-order valence-corrected chi connectivity index (χ3v) is 3.98. The van der Waals surface area contributed by atoms with E-state index in [2.05, 4.69) is 40.1 Å². The molecule has 0 aromatic rings. The van der Waals surface area contributed by atoms with Crippen LogP contribution in [0.3, 0.4) is 0 Å². The van der Waals surface area contributed by atoms with E-state index in [9.17, 15) is 0 Å². The van der Waals surface area contributed by atoms with Gasteiger partial charge in [-0.2, -0.15) is 0 Å². The lowest BCUT2D eigenvalue weighted by molar-refractivity contribution is 0.143. The first kappa shape index (κ1) is 20.3. The van der Waals surface area contributed by atoms with Crippen LogP contribution in [0.4, 0.5) is 0 Å². The summed E-state index contributed by atoms with van der Waals surface area (Å²) in [6, 6.07) is 0.802. The fourth-order valence-corrected chi connectivity index (χ4v) is 2.83. The van der Waals surface area contributed by atoms with Gasteiger partial charge in [0.25, 0.3) is 0 Å². The van der Waals surface area contributed by atoms with Crippen LogP contribution in [0.25, 0.3) is 0 Å². The van der Waals surface area contributed by atoms with Crippen LogP contribution in [0.5, 0.6) is 0 Å². The fourth-order valence-electron chi connectivity index (χ4n) is 2.83. The van der Waals surface area contributed by atoms with Gasteiger partial charge in [-0.1, -0.05) is 60.8 Å². The Morgan fingerprint density at radius 3 is 1.72 bits per heavy atom. The van der Waals surface area contributed by atoms with E-state index in [0.29, 0.717) is 5.41 Å². The van der Waals surface area contributed by atoms with E-state index in [1.54, 1.807) is 0 Å². The van der Waals surface area contributed by atoms with Gasteiger partial charge in [-0.15, -0.1) is 0 Å². The molecule has 1 fully saturated rings. The Morgan fingerprint density at radius 2 is 1.44 bits per heavy atom. The molecule has 1 aliphatic carbocycles. The maximum atomic E-state index is 3.41. The Bertz CT molecular complexity index is 146. The molecule has 0 bridgehead atoms. The Balaban J connectivity index is 0. The maximum absolute atomic E-state index is 3.41. The van der Waals surface area contributed by atoms with Crippen molar-refractivity contribution in [2.75, 3.05) is 7.05 Å². The molecule has 0 aromatic carbocycles. The molecule has 0 unspecified atom stereocenters. The molecule has 0 aromatic heterocycles. The highest BCUT2D eigenvalue weighted by Crippen LogP contribution is 2.42. The summed E-state index contributed by atoms with van der Waals surface area (Å²) in [6.45, 7) is 12.9.